The van der Waals surface area contributed by atoms with Gasteiger partial charge in [-0.3, -0.25) is 9.48 Å². The molecule has 1 atom stereocenters. The van der Waals surface area contributed by atoms with Crippen LogP contribution in [0.15, 0.2) is 29.2 Å². The van der Waals surface area contributed by atoms with E-state index in [0.717, 1.165) is 23.5 Å². The van der Waals surface area contributed by atoms with Gasteiger partial charge in [0.2, 0.25) is 0 Å². The van der Waals surface area contributed by atoms with Crippen molar-refractivity contribution in [1.82, 2.24) is 15.1 Å². The van der Waals surface area contributed by atoms with Gasteiger partial charge in [-0.05, 0) is 58.2 Å². The summed E-state index contributed by atoms with van der Waals surface area (Å²) >= 11 is 1.67. The summed E-state index contributed by atoms with van der Waals surface area (Å²) in [5.74, 6) is 0.564. The Bertz CT molecular complexity index is 695. The molecule has 24 heavy (non-hydrogen) atoms. The molecule has 1 heterocycles. The van der Waals surface area contributed by atoms with E-state index in [1.165, 1.54) is 4.90 Å². The molecule has 0 spiro atoms. The first-order valence-electron chi connectivity index (χ1n) is 8.07. The Morgan fingerprint density at radius 3 is 2.54 bits per heavy atom. The third kappa shape index (κ3) is 4.32. The van der Waals surface area contributed by atoms with Gasteiger partial charge in [-0.2, -0.15) is 5.10 Å². The van der Waals surface area contributed by atoms with Gasteiger partial charge in [0.15, 0.2) is 6.10 Å². The third-order valence-electron chi connectivity index (χ3n) is 4.01. The van der Waals surface area contributed by atoms with E-state index < -0.39 is 6.10 Å². The molecule has 1 amide bonds. The molecule has 130 valence electrons. The maximum absolute atomic E-state index is 12.3. The van der Waals surface area contributed by atoms with Crippen LogP contribution < -0.4 is 10.1 Å². The maximum Gasteiger partial charge on any atom is 0.261 e. The van der Waals surface area contributed by atoms with Crippen LogP contribution in [0.25, 0.3) is 0 Å². The van der Waals surface area contributed by atoms with Crippen molar-refractivity contribution in [1.29, 1.82) is 0 Å². The molecule has 0 aliphatic heterocycles. The molecule has 0 fully saturated rings. The van der Waals surface area contributed by atoms with Gasteiger partial charge in [0.25, 0.3) is 5.91 Å². The van der Waals surface area contributed by atoms with Crippen LogP contribution in [0.4, 0.5) is 0 Å². The second kappa shape index (κ2) is 8.24. The average molecular weight is 347 g/mol. The van der Waals surface area contributed by atoms with Crippen molar-refractivity contribution in [2.24, 2.45) is 0 Å². The molecular weight excluding hydrogens is 322 g/mol. The zero-order valence-corrected chi connectivity index (χ0v) is 15.7. The van der Waals surface area contributed by atoms with Crippen LogP contribution in [0.5, 0.6) is 5.75 Å². The molecule has 1 aromatic heterocycles. The second-order valence-electron chi connectivity index (χ2n) is 5.62. The molecule has 0 aliphatic rings. The van der Waals surface area contributed by atoms with Crippen molar-refractivity contribution in [3.63, 3.8) is 0 Å². The van der Waals surface area contributed by atoms with Crippen LogP contribution >= 0.6 is 11.8 Å². The zero-order chi connectivity index (χ0) is 17.7. The molecular formula is C18H25N3O2S. The Labute approximate surface area is 147 Å². The first kappa shape index (κ1) is 18.4. The number of aryl methyl sites for hydroxylation is 2. The number of hydrogen-bond donors (Lipinski definition) is 1. The topological polar surface area (TPSA) is 56.2 Å². The summed E-state index contributed by atoms with van der Waals surface area (Å²) in [5, 5.41) is 7.41. The van der Waals surface area contributed by atoms with E-state index >= 15 is 0 Å². The maximum atomic E-state index is 12.3. The monoisotopic (exact) mass is 347 g/mol. The Balaban J connectivity index is 1.93. The Morgan fingerprint density at radius 2 is 2.00 bits per heavy atom. The van der Waals surface area contributed by atoms with Crippen LogP contribution in [0.3, 0.4) is 0 Å². The van der Waals surface area contributed by atoms with E-state index in [1.807, 2.05) is 49.1 Å². The van der Waals surface area contributed by atoms with E-state index in [1.54, 1.807) is 18.7 Å². The number of carbonyl (C=O) groups is 1. The number of thioether (sulfide) groups is 1. The highest BCUT2D eigenvalue weighted by Gasteiger charge is 2.17. The van der Waals surface area contributed by atoms with E-state index in [2.05, 4.69) is 17.3 Å². The quantitative estimate of drug-likeness (QED) is 0.781. The minimum atomic E-state index is -0.549. The molecule has 0 unspecified atom stereocenters. The van der Waals surface area contributed by atoms with Crippen LogP contribution in [0.2, 0.25) is 0 Å². The number of ether oxygens (including phenoxy) is 1. The lowest BCUT2D eigenvalue weighted by molar-refractivity contribution is -0.127. The number of nitrogens with zero attached hydrogens (tertiary/aromatic N) is 2. The molecule has 2 rings (SSSR count). The summed E-state index contributed by atoms with van der Waals surface area (Å²) in [6, 6.07) is 7.73. The minimum Gasteiger partial charge on any atom is -0.481 e. The minimum absolute atomic E-state index is 0.132. The fourth-order valence-corrected chi connectivity index (χ4v) is 2.94. The Morgan fingerprint density at radius 1 is 1.33 bits per heavy atom. The van der Waals surface area contributed by atoms with Crippen LogP contribution in [0.1, 0.15) is 30.8 Å². The number of rotatable bonds is 7. The fourth-order valence-electron chi connectivity index (χ4n) is 2.53. The van der Waals surface area contributed by atoms with Crippen molar-refractivity contribution >= 4 is 17.7 Å². The smallest absolute Gasteiger partial charge is 0.261 e. The van der Waals surface area contributed by atoms with Crippen molar-refractivity contribution < 1.29 is 9.53 Å². The number of nitrogens with one attached hydrogen (secondary N) is 1. The summed E-state index contributed by atoms with van der Waals surface area (Å²) in [5.41, 5.74) is 3.12. The molecule has 0 bridgehead atoms. The van der Waals surface area contributed by atoms with Crippen LogP contribution in [-0.4, -0.2) is 28.0 Å². The van der Waals surface area contributed by atoms with Crippen molar-refractivity contribution in [3.05, 3.63) is 41.2 Å². The van der Waals surface area contributed by atoms with Crippen molar-refractivity contribution in [2.75, 3.05) is 6.26 Å². The Hall–Kier alpha value is -1.95. The lowest BCUT2D eigenvalue weighted by Gasteiger charge is -2.15. The molecule has 0 saturated carbocycles. The number of hydrogen-bond acceptors (Lipinski definition) is 4. The summed E-state index contributed by atoms with van der Waals surface area (Å²) < 4.78 is 7.66. The van der Waals surface area contributed by atoms with Gasteiger partial charge >= 0.3 is 0 Å². The predicted octanol–water partition coefficient (Wildman–Crippen LogP) is 3.33. The number of carbonyl (C=O) groups excluding carboxylic acids is 1. The van der Waals surface area contributed by atoms with E-state index in [-0.39, 0.29) is 5.91 Å². The third-order valence-corrected chi connectivity index (χ3v) is 4.76. The van der Waals surface area contributed by atoms with Crippen LogP contribution in [-0.2, 0) is 17.9 Å². The molecule has 6 heteroatoms. The average Bonchev–Trinajstić information content (AvgIpc) is 2.86. The van der Waals surface area contributed by atoms with Gasteiger partial charge in [-0.25, -0.2) is 0 Å². The van der Waals surface area contributed by atoms with Gasteiger partial charge in [-0.15, -0.1) is 11.8 Å². The van der Waals surface area contributed by atoms with Crippen LogP contribution in [0, 0.1) is 13.8 Å². The van der Waals surface area contributed by atoms with E-state index in [0.29, 0.717) is 12.3 Å². The summed E-state index contributed by atoms with van der Waals surface area (Å²) in [6.45, 7) is 9.10. The highest BCUT2D eigenvalue weighted by Crippen LogP contribution is 2.20. The number of amides is 1. The Kier molecular flexibility index (Phi) is 6.31. The molecule has 5 nitrogen and oxygen atoms in total. The summed E-state index contributed by atoms with van der Waals surface area (Å²) in [7, 11) is 0. The predicted molar refractivity (Wildman–Crippen MR) is 97.5 cm³/mol. The molecule has 1 aromatic carbocycles. The summed E-state index contributed by atoms with van der Waals surface area (Å²) in [6.07, 6.45) is 1.48. The van der Waals surface area contributed by atoms with Crippen molar-refractivity contribution in [3.8, 4) is 5.75 Å². The fraction of sp³-hybridized carbons (Fsp3) is 0.444. The SMILES string of the molecule is CCn1nc(C)c(CNC(=O)[C@@H](C)Oc2ccc(SC)cc2)c1C. The lowest BCUT2D eigenvalue weighted by atomic mass is 10.2. The molecule has 0 radical (unpaired) electrons. The zero-order valence-electron chi connectivity index (χ0n) is 14.9. The van der Waals surface area contributed by atoms with E-state index in [9.17, 15) is 4.79 Å². The molecule has 2 aromatic rings. The van der Waals surface area contributed by atoms with Gasteiger partial charge in [0.05, 0.1) is 5.69 Å². The first-order chi connectivity index (χ1) is 11.5. The van der Waals surface area contributed by atoms with E-state index in [4.69, 9.17) is 4.74 Å². The highest BCUT2D eigenvalue weighted by molar-refractivity contribution is 7.98. The standard InChI is InChI=1S/C18H25N3O2S/c1-6-21-13(3)17(12(2)20-21)11-19-18(22)14(4)23-15-7-9-16(24-5)10-8-15/h7-10,14H,6,11H2,1-5H3,(H,19,22)/t14-/m1/s1. The molecule has 0 aliphatic carbocycles. The normalized spacial score (nSPS) is 12.0. The summed E-state index contributed by atoms with van der Waals surface area (Å²) in [4.78, 5) is 13.4. The lowest BCUT2D eigenvalue weighted by Crippen LogP contribution is -2.36. The van der Waals surface area contributed by atoms with Gasteiger partial charge in [0, 0.05) is 29.2 Å². The van der Waals surface area contributed by atoms with Gasteiger partial charge in [0.1, 0.15) is 5.75 Å². The first-order valence-corrected chi connectivity index (χ1v) is 9.30. The number of benzene rings is 1. The highest BCUT2D eigenvalue weighted by atomic mass is 32.2. The molecule has 1 N–H and O–H groups in total. The second-order valence-corrected chi connectivity index (χ2v) is 6.50. The van der Waals surface area contributed by atoms with Gasteiger partial charge < -0.3 is 10.1 Å². The van der Waals surface area contributed by atoms with Crippen molar-refractivity contribution in [2.45, 2.75) is 51.8 Å². The van der Waals surface area contributed by atoms with Gasteiger partial charge in [-0.1, -0.05) is 0 Å². The molecule has 0 saturated heterocycles. The largest absolute Gasteiger partial charge is 0.481 e. The number of aromatic nitrogens is 2.